The van der Waals surface area contributed by atoms with E-state index in [2.05, 4.69) is 20.3 Å². The smallest absolute Gasteiger partial charge is 0.316 e. The summed E-state index contributed by atoms with van der Waals surface area (Å²) in [4.78, 5) is 51.3. The number of rotatable bonds is 7. The van der Waals surface area contributed by atoms with Gasteiger partial charge in [0.15, 0.2) is 0 Å². The van der Waals surface area contributed by atoms with E-state index in [1.807, 2.05) is 19.9 Å². The lowest BCUT2D eigenvalue weighted by Gasteiger charge is -2.45. The van der Waals surface area contributed by atoms with E-state index < -0.39 is 29.3 Å². The molecule has 3 N–H and O–H groups in total. The highest BCUT2D eigenvalue weighted by Crippen LogP contribution is 2.50. The van der Waals surface area contributed by atoms with E-state index in [9.17, 15) is 14.4 Å². The van der Waals surface area contributed by atoms with Crippen molar-refractivity contribution < 1.29 is 23.9 Å². The van der Waals surface area contributed by atoms with E-state index in [0.717, 1.165) is 11.3 Å². The van der Waals surface area contributed by atoms with Crippen molar-refractivity contribution in [2.45, 2.75) is 33.4 Å². The van der Waals surface area contributed by atoms with Crippen molar-refractivity contribution in [3.8, 4) is 11.3 Å². The molecule has 2 atom stereocenters. The van der Waals surface area contributed by atoms with Crippen LogP contribution in [0, 0.1) is 19.3 Å². The van der Waals surface area contributed by atoms with Crippen LogP contribution in [-0.2, 0) is 20.8 Å². The molecule has 1 aliphatic rings. The number of ether oxygens (including phenoxy) is 2. The van der Waals surface area contributed by atoms with Gasteiger partial charge in [0.1, 0.15) is 11.5 Å². The Bertz CT molecular complexity index is 1320. The van der Waals surface area contributed by atoms with Crippen LogP contribution in [-0.4, -0.2) is 46.5 Å². The van der Waals surface area contributed by atoms with Gasteiger partial charge in [0, 0.05) is 34.6 Å². The highest BCUT2D eigenvalue weighted by Gasteiger charge is 2.54. The van der Waals surface area contributed by atoms with Crippen molar-refractivity contribution >= 4 is 17.8 Å². The largest absolute Gasteiger partial charge is 0.468 e. The molecule has 10 heteroatoms. The number of nitrogens with one attached hydrogen (secondary N) is 1. The fourth-order valence-corrected chi connectivity index (χ4v) is 4.10. The molecular formula is C26H27N5O5. The number of nitrogens with zero attached hydrogens (tertiary/aromatic N) is 3. The van der Waals surface area contributed by atoms with Gasteiger partial charge in [0.05, 0.1) is 43.5 Å². The van der Waals surface area contributed by atoms with Crippen molar-refractivity contribution in [2.24, 2.45) is 11.1 Å². The number of carbonyl (C=O) groups is 3. The van der Waals surface area contributed by atoms with Gasteiger partial charge < -0.3 is 20.5 Å². The van der Waals surface area contributed by atoms with Crippen LogP contribution in [0.4, 0.5) is 0 Å². The average molecular weight is 490 g/mol. The summed E-state index contributed by atoms with van der Waals surface area (Å²) in [5, 5.41) is 2.82. The molecule has 2 aromatic heterocycles. The predicted octanol–water partition coefficient (Wildman–Crippen LogP) is 2.43. The van der Waals surface area contributed by atoms with E-state index in [1.165, 1.54) is 13.2 Å². The summed E-state index contributed by atoms with van der Waals surface area (Å²) in [7, 11) is 1.30. The van der Waals surface area contributed by atoms with Crippen LogP contribution in [0.25, 0.3) is 11.3 Å². The number of benzene rings is 1. The Balaban J connectivity index is 1.85. The lowest BCUT2D eigenvalue weighted by atomic mass is 9.73. The van der Waals surface area contributed by atoms with Gasteiger partial charge in [-0.3, -0.25) is 29.3 Å². The van der Waals surface area contributed by atoms with E-state index in [0.29, 0.717) is 22.5 Å². The first-order chi connectivity index (χ1) is 17.1. The number of pyridine rings is 1. The molecule has 1 fully saturated rings. The number of hydrogen-bond acceptors (Lipinski definition) is 8. The lowest BCUT2D eigenvalue weighted by molar-refractivity contribution is -0.209. The number of nitrogens with two attached hydrogens (primary N) is 1. The molecular weight excluding hydrogens is 462 g/mol. The number of aromatic nitrogens is 3. The predicted molar refractivity (Wildman–Crippen MR) is 130 cm³/mol. The topological polar surface area (TPSA) is 146 Å². The highest BCUT2D eigenvalue weighted by atomic mass is 16.6. The second-order valence-electron chi connectivity index (χ2n) is 9.00. The minimum absolute atomic E-state index is 0.101. The maximum Gasteiger partial charge on any atom is 0.316 e. The van der Waals surface area contributed by atoms with Gasteiger partial charge in [0.25, 0.3) is 5.91 Å². The van der Waals surface area contributed by atoms with Crippen LogP contribution in [0.1, 0.15) is 56.3 Å². The number of hydrogen-bond donors (Lipinski definition) is 2. The number of primary amides is 1. The lowest BCUT2D eigenvalue weighted by Crippen LogP contribution is -2.50. The van der Waals surface area contributed by atoms with Gasteiger partial charge in [-0.25, -0.2) is 0 Å². The highest BCUT2D eigenvalue weighted by molar-refractivity contribution is 6.03. The maximum absolute atomic E-state index is 13.5. The van der Waals surface area contributed by atoms with Crippen molar-refractivity contribution in [3.05, 3.63) is 76.5 Å². The van der Waals surface area contributed by atoms with Crippen LogP contribution in [0.2, 0.25) is 0 Å². The summed E-state index contributed by atoms with van der Waals surface area (Å²) in [6, 6.07) is 6.61. The number of aryl methyl sites for hydroxylation is 2. The van der Waals surface area contributed by atoms with Crippen molar-refractivity contribution in [1.29, 1.82) is 0 Å². The number of carbonyl (C=O) groups excluding carboxylic acids is 3. The molecule has 3 heterocycles. The number of methoxy groups -OCH3 is 1. The summed E-state index contributed by atoms with van der Waals surface area (Å²) >= 11 is 0. The molecule has 2 amide bonds. The Morgan fingerprint density at radius 1 is 1.14 bits per heavy atom. The Morgan fingerprint density at radius 2 is 1.92 bits per heavy atom. The molecule has 4 rings (SSSR count). The molecule has 1 aromatic carbocycles. The second kappa shape index (κ2) is 9.82. The third-order valence-electron chi connectivity index (χ3n) is 6.20. The molecule has 3 aromatic rings. The summed E-state index contributed by atoms with van der Waals surface area (Å²) in [6.45, 7) is 5.64. The zero-order valence-corrected chi connectivity index (χ0v) is 20.5. The van der Waals surface area contributed by atoms with Crippen molar-refractivity contribution in [2.75, 3.05) is 13.7 Å². The fraction of sp³-hybridized carbons (Fsp3) is 0.308. The van der Waals surface area contributed by atoms with Crippen LogP contribution < -0.4 is 11.1 Å². The molecule has 0 radical (unpaired) electrons. The monoisotopic (exact) mass is 489 g/mol. The number of amides is 2. The molecule has 36 heavy (non-hydrogen) atoms. The fourth-order valence-electron chi connectivity index (χ4n) is 4.10. The van der Waals surface area contributed by atoms with Crippen LogP contribution in [0.15, 0.2) is 42.9 Å². The quantitative estimate of drug-likeness (QED) is 0.481. The van der Waals surface area contributed by atoms with E-state index in [4.69, 9.17) is 15.2 Å². The average Bonchev–Trinajstić information content (AvgIpc) is 2.87. The standard InChI is InChI=1S/C26H27N5O5/c1-14-5-6-20(30-9-14)18-7-16(23(27)32)8-19(21(18)22-26(3,13-36-22)25(34)35-4)24(33)31-12-17-11-28-15(2)10-29-17/h5-11,22H,12-13H2,1-4H3,(H2,27,32)(H,31,33). The molecule has 2 unspecified atom stereocenters. The Hall–Kier alpha value is -4.18. The third kappa shape index (κ3) is 4.67. The zero-order valence-electron chi connectivity index (χ0n) is 20.5. The van der Waals surface area contributed by atoms with Gasteiger partial charge in [-0.2, -0.15) is 0 Å². The molecule has 0 bridgehead atoms. The molecule has 1 aliphatic heterocycles. The minimum Gasteiger partial charge on any atom is -0.468 e. The zero-order chi connectivity index (χ0) is 26.0. The molecule has 0 spiro atoms. The summed E-state index contributed by atoms with van der Waals surface area (Å²) in [5.41, 5.74) is 8.46. The first-order valence-corrected chi connectivity index (χ1v) is 11.3. The van der Waals surface area contributed by atoms with Crippen molar-refractivity contribution in [1.82, 2.24) is 20.3 Å². The third-order valence-corrected chi connectivity index (χ3v) is 6.20. The Labute approximate surface area is 208 Å². The molecule has 10 nitrogen and oxygen atoms in total. The van der Waals surface area contributed by atoms with Crippen LogP contribution in [0.3, 0.4) is 0 Å². The van der Waals surface area contributed by atoms with Gasteiger partial charge in [0.2, 0.25) is 5.91 Å². The van der Waals surface area contributed by atoms with Gasteiger partial charge in [-0.05, 0) is 44.5 Å². The SMILES string of the molecule is COC(=O)C1(C)COC1c1c(C(=O)NCc2cnc(C)cn2)cc(C(N)=O)cc1-c1ccc(C)cn1. The minimum atomic E-state index is -1.04. The number of esters is 1. The van der Waals surface area contributed by atoms with Crippen molar-refractivity contribution in [3.63, 3.8) is 0 Å². The summed E-state index contributed by atoms with van der Waals surface area (Å²) < 4.78 is 10.9. The molecule has 0 aliphatic carbocycles. The van der Waals surface area contributed by atoms with Gasteiger partial charge >= 0.3 is 5.97 Å². The van der Waals surface area contributed by atoms with Crippen LogP contribution in [0.5, 0.6) is 0 Å². The van der Waals surface area contributed by atoms with Gasteiger partial charge in [-0.1, -0.05) is 6.07 Å². The van der Waals surface area contributed by atoms with Gasteiger partial charge in [-0.15, -0.1) is 0 Å². The maximum atomic E-state index is 13.5. The van der Waals surface area contributed by atoms with E-state index in [1.54, 1.807) is 37.6 Å². The van der Waals surface area contributed by atoms with E-state index in [-0.39, 0.29) is 24.3 Å². The summed E-state index contributed by atoms with van der Waals surface area (Å²) in [6.07, 6.45) is 4.03. The normalized spacial score (nSPS) is 18.7. The molecule has 0 saturated carbocycles. The van der Waals surface area contributed by atoms with E-state index >= 15 is 0 Å². The van der Waals surface area contributed by atoms with Crippen LogP contribution >= 0.6 is 0 Å². The first kappa shape index (κ1) is 24.9. The Morgan fingerprint density at radius 3 is 2.47 bits per heavy atom. The molecule has 1 saturated heterocycles. The molecule has 186 valence electrons. The first-order valence-electron chi connectivity index (χ1n) is 11.3. The summed E-state index contributed by atoms with van der Waals surface area (Å²) in [5.74, 6) is -1.67. The second-order valence-corrected chi connectivity index (χ2v) is 9.00. The Kier molecular flexibility index (Phi) is 6.80.